The Hall–Kier alpha value is -3.16. The highest BCUT2D eigenvalue weighted by atomic mass is 16.4. The molecule has 1 amide bonds. The molecule has 1 aromatic carbocycles. The van der Waals surface area contributed by atoms with E-state index in [-0.39, 0.29) is 13.1 Å². The van der Waals surface area contributed by atoms with Crippen LogP contribution in [0.15, 0.2) is 52.2 Å². The van der Waals surface area contributed by atoms with Gasteiger partial charge in [0.15, 0.2) is 0 Å². The highest BCUT2D eigenvalue weighted by molar-refractivity contribution is 5.81. The number of carboxylic acids is 1. The molecule has 2 rings (SSSR count). The Bertz CT molecular complexity index is 870. The van der Waals surface area contributed by atoms with E-state index >= 15 is 0 Å². The van der Waals surface area contributed by atoms with Crippen LogP contribution in [0.4, 0.5) is 0 Å². The van der Waals surface area contributed by atoms with Crippen LogP contribution < -0.4 is 11.2 Å². The predicted octanol–water partition coefficient (Wildman–Crippen LogP) is -0.297. The van der Waals surface area contributed by atoms with E-state index in [4.69, 9.17) is 5.11 Å². The summed E-state index contributed by atoms with van der Waals surface area (Å²) in [6.45, 7) is -0.559. The van der Waals surface area contributed by atoms with E-state index in [0.717, 1.165) is 14.7 Å². The fourth-order valence-corrected chi connectivity index (χ4v) is 2.35. The number of aromatic nitrogens is 2. The van der Waals surface area contributed by atoms with Gasteiger partial charge < -0.3 is 10.0 Å². The summed E-state index contributed by atoms with van der Waals surface area (Å²) < 4.78 is 1.97. The van der Waals surface area contributed by atoms with Gasteiger partial charge in [-0.3, -0.25) is 23.5 Å². The average molecular weight is 345 g/mol. The second-order valence-electron chi connectivity index (χ2n) is 5.57. The van der Waals surface area contributed by atoms with Crippen molar-refractivity contribution in [1.29, 1.82) is 0 Å². The number of carbonyl (C=O) groups is 2. The summed E-state index contributed by atoms with van der Waals surface area (Å²) in [5.74, 6) is -1.63. The molecular weight excluding hydrogens is 326 g/mol. The lowest BCUT2D eigenvalue weighted by atomic mass is 10.1. The number of carbonyl (C=O) groups excluding carboxylic acids is 1. The van der Waals surface area contributed by atoms with Crippen molar-refractivity contribution in [2.45, 2.75) is 13.0 Å². The minimum absolute atomic E-state index is 0.218. The van der Waals surface area contributed by atoms with Gasteiger partial charge in [0.2, 0.25) is 5.91 Å². The van der Waals surface area contributed by atoms with E-state index in [2.05, 4.69) is 0 Å². The van der Waals surface area contributed by atoms with Crippen molar-refractivity contribution < 1.29 is 14.7 Å². The topological polar surface area (TPSA) is 102 Å². The van der Waals surface area contributed by atoms with Crippen molar-refractivity contribution in [3.05, 3.63) is 69.0 Å². The van der Waals surface area contributed by atoms with Crippen LogP contribution in [-0.4, -0.2) is 44.1 Å². The van der Waals surface area contributed by atoms with Crippen molar-refractivity contribution in [2.24, 2.45) is 7.05 Å². The number of hydrogen-bond acceptors (Lipinski definition) is 4. The third-order valence-electron chi connectivity index (χ3n) is 3.76. The fourth-order valence-electron chi connectivity index (χ4n) is 2.35. The first-order chi connectivity index (χ1) is 11.9. The van der Waals surface area contributed by atoms with Crippen LogP contribution in [-0.2, 0) is 29.6 Å². The summed E-state index contributed by atoms with van der Waals surface area (Å²) in [5, 5.41) is 9.02. The Morgan fingerprint density at radius 1 is 1.12 bits per heavy atom. The van der Waals surface area contributed by atoms with Crippen LogP contribution in [0.2, 0.25) is 0 Å². The monoisotopic (exact) mass is 345 g/mol. The molecule has 1 N–H and O–H groups in total. The number of benzene rings is 1. The molecule has 0 unspecified atom stereocenters. The first kappa shape index (κ1) is 18.2. The maximum absolute atomic E-state index is 12.4. The quantitative estimate of drug-likeness (QED) is 0.743. The van der Waals surface area contributed by atoms with E-state index in [9.17, 15) is 19.2 Å². The lowest BCUT2D eigenvalue weighted by molar-refractivity contribution is -0.144. The van der Waals surface area contributed by atoms with Gasteiger partial charge in [0, 0.05) is 25.9 Å². The van der Waals surface area contributed by atoms with E-state index in [1.807, 2.05) is 30.3 Å². The molecule has 2 aromatic rings. The Kier molecular flexibility index (Phi) is 5.89. The molecule has 0 aliphatic heterocycles. The Labute approximate surface area is 143 Å². The summed E-state index contributed by atoms with van der Waals surface area (Å²) in [5.41, 5.74) is -0.121. The molecule has 0 saturated heterocycles. The van der Waals surface area contributed by atoms with Crippen LogP contribution in [0.1, 0.15) is 5.56 Å². The molecule has 0 radical (unpaired) electrons. The molecule has 0 aliphatic carbocycles. The first-order valence-electron chi connectivity index (χ1n) is 7.68. The van der Waals surface area contributed by atoms with Crippen LogP contribution in [0.3, 0.4) is 0 Å². The summed E-state index contributed by atoms with van der Waals surface area (Å²) in [6.07, 6.45) is 1.74. The normalized spacial score (nSPS) is 10.4. The predicted molar refractivity (Wildman–Crippen MR) is 90.3 cm³/mol. The SMILES string of the molecule is Cn1c(=O)ccn(CC(=O)N(CCc2ccccc2)CC(=O)O)c1=O. The lowest BCUT2D eigenvalue weighted by Gasteiger charge is -2.21. The molecule has 8 heteroatoms. The summed E-state index contributed by atoms with van der Waals surface area (Å²) in [7, 11) is 1.32. The zero-order chi connectivity index (χ0) is 18.4. The Balaban J connectivity index is 2.13. The van der Waals surface area contributed by atoms with Crippen molar-refractivity contribution in [3.63, 3.8) is 0 Å². The van der Waals surface area contributed by atoms with Crippen LogP contribution in [0.25, 0.3) is 0 Å². The molecule has 0 bridgehead atoms. The summed E-state index contributed by atoms with van der Waals surface area (Å²) >= 11 is 0. The zero-order valence-electron chi connectivity index (χ0n) is 13.8. The highest BCUT2D eigenvalue weighted by Crippen LogP contribution is 2.02. The minimum Gasteiger partial charge on any atom is -0.480 e. The van der Waals surface area contributed by atoms with E-state index in [1.54, 1.807) is 0 Å². The third-order valence-corrected chi connectivity index (χ3v) is 3.76. The van der Waals surface area contributed by atoms with E-state index < -0.39 is 29.7 Å². The molecule has 0 aliphatic rings. The van der Waals surface area contributed by atoms with Gasteiger partial charge in [0.1, 0.15) is 13.1 Å². The summed E-state index contributed by atoms with van der Waals surface area (Å²) in [6, 6.07) is 10.6. The van der Waals surface area contributed by atoms with Crippen molar-refractivity contribution >= 4 is 11.9 Å². The van der Waals surface area contributed by atoms with E-state index in [0.29, 0.717) is 6.42 Å². The van der Waals surface area contributed by atoms with Gasteiger partial charge in [-0.1, -0.05) is 30.3 Å². The molecular formula is C17H19N3O5. The van der Waals surface area contributed by atoms with E-state index in [1.165, 1.54) is 24.2 Å². The van der Waals surface area contributed by atoms with Gasteiger partial charge in [-0.25, -0.2) is 4.79 Å². The van der Waals surface area contributed by atoms with Gasteiger partial charge >= 0.3 is 11.7 Å². The number of hydrogen-bond donors (Lipinski definition) is 1. The number of carboxylic acid groups (broad SMARTS) is 1. The fraction of sp³-hybridized carbons (Fsp3) is 0.294. The molecule has 0 spiro atoms. The smallest absolute Gasteiger partial charge is 0.331 e. The van der Waals surface area contributed by atoms with Crippen LogP contribution in [0.5, 0.6) is 0 Å². The van der Waals surface area contributed by atoms with Gasteiger partial charge in [-0.15, -0.1) is 0 Å². The molecule has 132 valence electrons. The molecule has 25 heavy (non-hydrogen) atoms. The lowest BCUT2D eigenvalue weighted by Crippen LogP contribution is -2.43. The molecule has 1 aromatic heterocycles. The molecule has 0 atom stereocenters. The largest absolute Gasteiger partial charge is 0.480 e. The van der Waals surface area contributed by atoms with Crippen LogP contribution in [0, 0.1) is 0 Å². The average Bonchev–Trinajstić information content (AvgIpc) is 2.59. The number of amides is 1. The minimum atomic E-state index is -1.13. The second-order valence-corrected chi connectivity index (χ2v) is 5.57. The molecule has 8 nitrogen and oxygen atoms in total. The maximum atomic E-state index is 12.4. The van der Waals surface area contributed by atoms with Crippen LogP contribution >= 0.6 is 0 Å². The summed E-state index contributed by atoms with van der Waals surface area (Å²) in [4.78, 5) is 48.0. The van der Waals surface area contributed by atoms with Gasteiger partial charge in [0.05, 0.1) is 0 Å². The number of nitrogens with zero attached hydrogens (tertiary/aromatic N) is 3. The standard InChI is InChI=1S/C17H19N3O5/c1-18-14(21)8-10-20(17(18)25)11-15(22)19(12-16(23)24)9-7-13-5-3-2-4-6-13/h2-6,8,10H,7,9,11-12H2,1H3,(H,23,24). The maximum Gasteiger partial charge on any atom is 0.331 e. The van der Waals surface area contributed by atoms with Crippen molar-refractivity contribution in [3.8, 4) is 0 Å². The first-order valence-corrected chi connectivity index (χ1v) is 7.68. The van der Waals surface area contributed by atoms with Crippen molar-refractivity contribution in [2.75, 3.05) is 13.1 Å². The van der Waals surface area contributed by atoms with Gasteiger partial charge in [0.25, 0.3) is 5.56 Å². The number of aliphatic carboxylic acids is 1. The van der Waals surface area contributed by atoms with Crippen molar-refractivity contribution in [1.82, 2.24) is 14.0 Å². The Morgan fingerprint density at radius 2 is 1.80 bits per heavy atom. The molecule has 0 saturated carbocycles. The number of rotatable bonds is 7. The third kappa shape index (κ3) is 4.90. The molecule has 1 heterocycles. The molecule has 0 fully saturated rings. The zero-order valence-corrected chi connectivity index (χ0v) is 13.8. The highest BCUT2D eigenvalue weighted by Gasteiger charge is 2.18. The second kappa shape index (κ2) is 8.09. The van der Waals surface area contributed by atoms with Gasteiger partial charge in [-0.05, 0) is 12.0 Å². The van der Waals surface area contributed by atoms with Gasteiger partial charge in [-0.2, -0.15) is 0 Å². The Morgan fingerprint density at radius 3 is 2.44 bits per heavy atom.